The molecule has 1 unspecified atom stereocenters. The first kappa shape index (κ1) is 26.7. The summed E-state index contributed by atoms with van der Waals surface area (Å²) in [6, 6.07) is 20.0. The monoisotopic (exact) mass is 512 g/mol. The van der Waals surface area contributed by atoms with Crippen LogP contribution < -0.4 is 5.56 Å². The van der Waals surface area contributed by atoms with Crippen LogP contribution in [0.25, 0.3) is 16.6 Å². The zero-order valence-electron chi connectivity index (χ0n) is 22.1. The lowest BCUT2D eigenvalue weighted by atomic mass is 10.1. The molecule has 1 amide bonds. The Morgan fingerprint density at radius 3 is 2.26 bits per heavy atom. The molecule has 1 aromatic heterocycles. The Balaban J connectivity index is 1.86. The summed E-state index contributed by atoms with van der Waals surface area (Å²) in [7, 11) is 0. The SMILES string of the molecule is CCc1ccc(-n2c(C(C)N(CCC(C)C)C(=O)c3ccc([N+](=O)[O-])cc3)nc3ccccc3c2=O)cc1. The minimum absolute atomic E-state index is 0.0797. The standard InChI is InChI=1S/C30H32N4O4/c1-5-22-10-14-24(15-11-22)33-28(31-27-9-7-6-8-26(27)30(33)36)21(4)32(19-18-20(2)3)29(35)23-12-16-25(17-13-23)34(37)38/h6-17,20-21H,5,18-19H2,1-4H3. The zero-order valence-corrected chi connectivity index (χ0v) is 22.1. The van der Waals surface area contributed by atoms with Crippen LogP contribution in [0.15, 0.2) is 77.6 Å². The molecule has 0 saturated heterocycles. The second-order valence-corrected chi connectivity index (χ2v) is 9.81. The number of non-ortho nitro benzene ring substituents is 1. The average molecular weight is 513 g/mol. The molecule has 3 aromatic carbocycles. The Kier molecular flexibility index (Phi) is 8.00. The van der Waals surface area contributed by atoms with Crippen LogP contribution in [0.5, 0.6) is 0 Å². The normalized spacial score (nSPS) is 12.0. The van der Waals surface area contributed by atoms with E-state index in [0.29, 0.717) is 40.4 Å². The van der Waals surface area contributed by atoms with Crippen molar-refractivity contribution in [3.63, 3.8) is 0 Å². The Hall–Kier alpha value is -4.33. The van der Waals surface area contributed by atoms with Crippen molar-refractivity contribution < 1.29 is 9.72 Å². The van der Waals surface area contributed by atoms with Gasteiger partial charge in [0.05, 0.1) is 27.6 Å². The molecule has 1 heterocycles. The number of para-hydroxylation sites is 1. The van der Waals surface area contributed by atoms with Gasteiger partial charge in [-0.3, -0.25) is 24.3 Å². The van der Waals surface area contributed by atoms with Gasteiger partial charge in [-0.15, -0.1) is 0 Å². The molecule has 196 valence electrons. The summed E-state index contributed by atoms with van der Waals surface area (Å²) in [4.78, 5) is 44.8. The number of nitro benzene ring substituents is 1. The van der Waals surface area contributed by atoms with Crippen LogP contribution in [0, 0.1) is 16.0 Å². The van der Waals surface area contributed by atoms with Crippen LogP contribution in [0.3, 0.4) is 0 Å². The topological polar surface area (TPSA) is 98.3 Å². The highest BCUT2D eigenvalue weighted by Gasteiger charge is 2.28. The number of aromatic nitrogens is 2. The number of nitro groups is 1. The molecule has 0 fully saturated rings. The van der Waals surface area contributed by atoms with Gasteiger partial charge in [-0.1, -0.05) is 45.0 Å². The summed E-state index contributed by atoms with van der Waals surface area (Å²) in [6.07, 6.45) is 1.62. The number of fused-ring (bicyclic) bond motifs is 1. The van der Waals surface area contributed by atoms with Crippen LogP contribution >= 0.6 is 0 Å². The summed E-state index contributed by atoms with van der Waals surface area (Å²) in [6.45, 7) is 8.54. The van der Waals surface area contributed by atoms with Crippen LogP contribution in [-0.4, -0.2) is 31.8 Å². The van der Waals surface area contributed by atoms with Gasteiger partial charge in [-0.2, -0.15) is 0 Å². The summed E-state index contributed by atoms with van der Waals surface area (Å²) >= 11 is 0. The molecule has 8 heteroatoms. The smallest absolute Gasteiger partial charge is 0.269 e. The Labute approximate surface area is 221 Å². The zero-order chi connectivity index (χ0) is 27.4. The van der Waals surface area contributed by atoms with E-state index in [4.69, 9.17) is 4.98 Å². The van der Waals surface area contributed by atoms with Gasteiger partial charge >= 0.3 is 0 Å². The van der Waals surface area contributed by atoms with Gasteiger partial charge < -0.3 is 4.90 Å². The van der Waals surface area contributed by atoms with E-state index in [1.807, 2.05) is 43.3 Å². The van der Waals surface area contributed by atoms with Gasteiger partial charge in [0.1, 0.15) is 5.82 Å². The molecule has 0 N–H and O–H groups in total. The summed E-state index contributed by atoms with van der Waals surface area (Å²) in [5.41, 5.74) is 2.45. The van der Waals surface area contributed by atoms with Crippen molar-refractivity contribution in [3.05, 3.63) is 110 Å². The van der Waals surface area contributed by atoms with Crippen LogP contribution in [0.1, 0.15) is 61.9 Å². The van der Waals surface area contributed by atoms with Gasteiger partial charge in [0.15, 0.2) is 0 Å². The molecule has 0 spiro atoms. The van der Waals surface area contributed by atoms with Gasteiger partial charge in [-0.25, -0.2) is 4.98 Å². The lowest BCUT2D eigenvalue weighted by Gasteiger charge is -2.31. The van der Waals surface area contributed by atoms with Crippen molar-refractivity contribution in [1.82, 2.24) is 14.5 Å². The maximum atomic E-state index is 13.8. The van der Waals surface area contributed by atoms with Crippen molar-refractivity contribution in [2.24, 2.45) is 5.92 Å². The number of hydrogen-bond donors (Lipinski definition) is 0. The molecule has 8 nitrogen and oxygen atoms in total. The third-order valence-electron chi connectivity index (χ3n) is 6.78. The summed E-state index contributed by atoms with van der Waals surface area (Å²) < 4.78 is 1.60. The third-order valence-corrected chi connectivity index (χ3v) is 6.78. The quantitative estimate of drug-likeness (QED) is 0.199. The Bertz CT molecular complexity index is 1510. The molecule has 0 aliphatic carbocycles. The van der Waals surface area contributed by atoms with E-state index in [1.54, 1.807) is 21.6 Å². The third kappa shape index (κ3) is 5.49. The first-order valence-electron chi connectivity index (χ1n) is 12.9. The molecule has 1 atom stereocenters. The predicted molar refractivity (Wildman–Crippen MR) is 149 cm³/mol. The number of amides is 1. The van der Waals surface area contributed by atoms with Gasteiger partial charge in [0, 0.05) is 24.2 Å². The molecular weight excluding hydrogens is 480 g/mol. The number of hydrogen-bond acceptors (Lipinski definition) is 5. The molecule has 38 heavy (non-hydrogen) atoms. The molecule has 0 aliphatic rings. The van der Waals surface area contributed by atoms with Crippen LogP contribution in [-0.2, 0) is 6.42 Å². The van der Waals surface area contributed by atoms with Crippen molar-refractivity contribution >= 4 is 22.5 Å². The molecule has 0 aliphatic heterocycles. The number of aryl methyl sites for hydroxylation is 1. The second-order valence-electron chi connectivity index (χ2n) is 9.81. The Morgan fingerprint density at radius 1 is 1.00 bits per heavy atom. The van der Waals surface area contributed by atoms with Gasteiger partial charge in [0.2, 0.25) is 0 Å². The number of carbonyl (C=O) groups excluding carboxylic acids is 1. The average Bonchev–Trinajstić information content (AvgIpc) is 2.93. The molecule has 0 radical (unpaired) electrons. The van der Waals surface area contributed by atoms with E-state index in [9.17, 15) is 19.7 Å². The van der Waals surface area contributed by atoms with E-state index in [0.717, 1.165) is 18.4 Å². The summed E-state index contributed by atoms with van der Waals surface area (Å²) in [5.74, 6) is 0.517. The van der Waals surface area contributed by atoms with Crippen molar-refractivity contribution in [2.75, 3.05) is 6.54 Å². The fourth-order valence-electron chi connectivity index (χ4n) is 4.46. The van der Waals surface area contributed by atoms with Gasteiger partial charge in [0.25, 0.3) is 17.2 Å². The number of rotatable bonds is 9. The fraction of sp³-hybridized carbons (Fsp3) is 0.300. The van der Waals surface area contributed by atoms with E-state index in [1.165, 1.54) is 24.3 Å². The van der Waals surface area contributed by atoms with Crippen molar-refractivity contribution in [1.29, 1.82) is 0 Å². The Morgan fingerprint density at radius 2 is 1.66 bits per heavy atom. The highest BCUT2D eigenvalue weighted by atomic mass is 16.6. The maximum absolute atomic E-state index is 13.8. The van der Waals surface area contributed by atoms with Crippen molar-refractivity contribution in [2.45, 2.75) is 46.6 Å². The maximum Gasteiger partial charge on any atom is 0.269 e. The minimum Gasteiger partial charge on any atom is -0.329 e. The molecule has 0 saturated carbocycles. The fourth-order valence-corrected chi connectivity index (χ4v) is 4.46. The first-order chi connectivity index (χ1) is 18.2. The van der Waals surface area contributed by atoms with Crippen molar-refractivity contribution in [3.8, 4) is 5.69 Å². The highest BCUT2D eigenvalue weighted by molar-refractivity contribution is 5.94. The molecule has 0 bridgehead atoms. The second kappa shape index (κ2) is 11.4. The molecule has 4 aromatic rings. The van der Waals surface area contributed by atoms with Crippen LogP contribution in [0.2, 0.25) is 0 Å². The largest absolute Gasteiger partial charge is 0.329 e. The lowest BCUT2D eigenvalue weighted by molar-refractivity contribution is -0.384. The minimum atomic E-state index is -0.556. The lowest BCUT2D eigenvalue weighted by Crippen LogP contribution is -2.38. The van der Waals surface area contributed by atoms with E-state index in [2.05, 4.69) is 20.8 Å². The first-order valence-corrected chi connectivity index (χ1v) is 12.9. The summed E-state index contributed by atoms with van der Waals surface area (Å²) in [5, 5.41) is 11.6. The van der Waals surface area contributed by atoms with Crippen LogP contribution in [0.4, 0.5) is 5.69 Å². The van der Waals surface area contributed by atoms with E-state index >= 15 is 0 Å². The van der Waals surface area contributed by atoms with E-state index < -0.39 is 11.0 Å². The van der Waals surface area contributed by atoms with E-state index in [-0.39, 0.29) is 17.2 Å². The number of carbonyl (C=O) groups is 1. The number of benzene rings is 3. The highest BCUT2D eigenvalue weighted by Crippen LogP contribution is 2.26. The predicted octanol–water partition coefficient (Wildman–Crippen LogP) is 6.11. The number of nitrogens with zero attached hydrogens (tertiary/aromatic N) is 4. The van der Waals surface area contributed by atoms with Gasteiger partial charge in [-0.05, 0) is 67.6 Å². The molecule has 4 rings (SSSR count). The molecular formula is C30H32N4O4.